The van der Waals surface area contributed by atoms with Crippen LogP contribution in [0, 0.1) is 5.41 Å². The highest BCUT2D eigenvalue weighted by Crippen LogP contribution is 2.35. The van der Waals surface area contributed by atoms with Gasteiger partial charge < -0.3 is 14.8 Å². The Morgan fingerprint density at radius 2 is 2.06 bits per heavy atom. The van der Waals surface area contributed by atoms with Gasteiger partial charge in [0.2, 0.25) is 0 Å². The van der Waals surface area contributed by atoms with E-state index in [0.717, 1.165) is 25.1 Å². The first kappa shape index (κ1) is 12.9. The molecule has 0 unspecified atom stereocenters. The van der Waals surface area contributed by atoms with Gasteiger partial charge in [-0.2, -0.15) is 0 Å². The molecule has 0 saturated heterocycles. The number of aliphatic hydroxyl groups is 1. The summed E-state index contributed by atoms with van der Waals surface area (Å²) in [5.74, 6) is 0.846. The molecule has 0 spiro atoms. The van der Waals surface area contributed by atoms with Crippen LogP contribution in [0.3, 0.4) is 0 Å². The summed E-state index contributed by atoms with van der Waals surface area (Å²) in [6.07, 6.45) is 6.00. The van der Waals surface area contributed by atoms with Crippen molar-refractivity contribution in [2.24, 2.45) is 5.41 Å². The van der Waals surface area contributed by atoms with Crippen molar-refractivity contribution >= 4 is 11.6 Å². The maximum Gasteiger partial charge on any atom is 0.193 e. The van der Waals surface area contributed by atoms with E-state index in [9.17, 15) is 5.11 Å². The second-order valence-corrected chi connectivity index (χ2v) is 5.40. The summed E-state index contributed by atoms with van der Waals surface area (Å²) in [4.78, 5) is 0. The van der Waals surface area contributed by atoms with Crippen molar-refractivity contribution in [3.8, 4) is 0 Å². The van der Waals surface area contributed by atoms with E-state index in [1.807, 2.05) is 6.07 Å². The van der Waals surface area contributed by atoms with Gasteiger partial charge in [-0.1, -0.05) is 19.3 Å². The van der Waals surface area contributed by atoms with E-state index in [1.54, 1.807) is 6.07 Å². The lowest BCUT2D eigenvalue weighted by molar-refractivity contribution is 0.0806. The van der Waals surface area contributed by atoms with Gasteiger partial charge in [0.15, 0.2) is 5.22 Å². The van der Waals surface area contributed by atoms with Crippen LogP contribution in [-0.2, 0) is 6.54 Å². The maximum absolute atomic E-state index is 9.56. The van der Waals surface area contributed by atoms with Crippen LogP contribution >= 0.6 is 11.6 Å². The molecule has 0 amide bonds. The summed E-state index contributed by atoms with van der Waals surface area (Å²) in [5.41, 5.74) is 0.0780. The van der Waals surface area contributed by atoms with Crippen molar-refractivity contribution < 1.29 is 9.52 Å². The SMILES string of the molecule is OCC1(CNCc2ccc(Cl)o2)CCCCC1. The van der Waals surface area contributed by atoms with E-state index >= 15 is 0 Å². The predicted molar refractivity (Wildman–Crippen MR) is 68.0 cm³/mol. The first-order chi connectivity index (χ1) is 8.24. The number of rotatable bonds is 5. The number of nitrogens with one attached hydrogen (secondary N) is 1. The largest absolute Gasteiger partial charge is 0.448 e. The quantitative estimate of drug-likeness (QED) is 0.853. The Hall–Kier alpha value is -0.510. The minimum atomic E-state index is 0.0780. The van der Waals surface area contributed by atoms with Crippen molar-refractivity contribution in [3.05, 3.63) is 23.1 Å². The van der Waals surface area contributed by atoms with Gasteiger partial charge >= 0.3 is 0 Å². The summed E-state index contributed by atoms with van der Waals surface area (Å²) in [7, 11) is 0. The van der Waals surface area contributed by atoms with Gasteiger partial charge in [-0.25, -0.2) is 0 Å². The molecule has 0 radical (unpaired) electrons. The van der Waals surface area contributed by atoms with Crippen molar-refractivity contribution in [3.63, 3.8) is 0 Å². The first-order valence-corrected chi connectivity index (χ1v) is 6.68. The van der Waals surface area contributed by atoms with Crippen LogP contribution in [0.25, 0.3) is 0 Å². The lowest BCUT2D eigenvalue weighted by Gasteiger charge is -2.35. The Labute approximate surface area is 107 Å². The fourth-order valence-electron chi connectivity index (χ4n) is 2.59. The van der Waals surface area contributed by atoms with Gasteiger partial charge in [0.25, 0.3) is 0 Å². The van der Waals surface area contributed by atoms with Crippen LogP contribution in [0.4, 0.5) is 0 Å². The molecule has 2 N–H and O–H groups in total. The van der Waals surface area contributed by atoms with Crippen LogP contribution in [0.15, 0.2) is 16.5 Å². The summed E-state index contributed by atoms with van der Waals surface area (Å²) < 4.78 is 5.28. The zero-order valence-electron chi connectivity index (χ0n) is 10.0. The predicted octanol–water partition coefficient (Wildman–Crippen LogP) is 2.97. The Morgan fingerprint density at radius 1 is 1.29 bits per heavy atom. The Kier molecular flexibility index (Phi) is 4.48. The lowest BCUT2D eigenvalue weighted by Crippen LogP contribution is -2.38. The smallest absolute Gasteiger partial charge is 0.193 e. The standard InChI is InChI=1S/C13H20ClNO2/c14-12-5-4-11(17-12)8-15-9-13(10-16)6-2-1-3-7-13/h4-5,15-16H,1-3,6-10H2. The van der Waals surface area contributed by atoms with Crippen LogP contribution < -0.4 is 5.32 Å². The van der Waals surface area contributed by atoms with Crippen molar-refractivity contribution in [1.82, 2.24) is 5.32 Å². The molecule has 1 heterocycles. The van der Waals surface area contributed by atoms with Gasteiger partial charge in [0, 0.05) is 18.6 Å². The molecule has 1 saturated carbocycles. The third-order valence-electron chi connectivity index (χ3n) is 3.68. The molecule has 1 aliphatic carbocycles. The number of aliphatic hydroxyl groups excluding tert-OH is 1. The highest BCUT2D eigenvalue weighted by atomic mass is 35.5. The zero-order chi connectivity index (χ0) is 12.1. The molecule has 3 nitrogen and oxygen atoms in total. The number of halogens is 1. The summed E-state index contributed by atoms with van der Waals surface area (Å²) >= 11 is 5.71. The van der Waals surface area contributed by atoms with E-state index in [2.05, 4.69) is 5.32 Å². The normalized spacial score (nSPS) is 19.4. The number of furan rings is 1. The molecule has 0 aliphatic heterocycles. The zero-order valence-corrected chi connectivity index (χ0v) is 10.8. The minimum absolute atomic E-state index is 0.0780. The average Bonchev–Trinajstić information content (AvgIpc) is 2.76. The van der Waals surface area contributed by atoms with Crippen LogP contribution in [-0.4, -0.2) is 18.3 Å². The second-order valence-electron chi connectivity index (χ2n) is 5.03. The van der Waals surface area contributed by atoms with Crippen LogP contribution in [0.2, 0.25) is 5.22 Å². The molecule has 4 heteroatoms. The first-order valence-electron chi connectivity index (χ1n) is 6.30. The molecule has 0 bridgehead atoms. The van der Waals surface area contributed by atoms with Crippen molar-refractivity contribution in [2.45, 2.75) is 38.6 Å². The fourth-order valence-corrected chi connectivity index (χ4v) is 2.75. The summed E-state index contributed by atoms with van der Waals surface area (Å²) in [5, 5.41) is 13.3. The van der Waals surface area contributed by atoms with Crippen molar-refractivity contribution in [2.75, 3.05) is 13.2 Å². The highest BCUT2D eigenvalue weighted by molar-refractivity contribution is 6.28. The molecule has 0 atom stereocenters. The van der Waals surface area contributed by atoms with Gasteiger partial charge in [0.05, 0.1) is 6.54 Å². The minimum Gasteiger partial charge on any atom is -0.448 e. The third-order valence-corrected chi connectivity index (χ3v) is 3.88. The van der Waals surface area contributed by atoms with Crippen LogP contribution in [0.1, 0.15) is 37.9 Å². The Bertz CT molecular complexity index is 345. The van der Waals surface area contributed by atoms with E-state index < -0.39 is 0 Å². The summed E-state index contributed by atoms with van der Waals surface area (Å²) in [6.45, 7) is 1.80. The average molecular weight is 258 g/mol. The van der Waals surface area contributed by atoms with E-state index in [0.29, 0.717) is 11.8 Å². The van der Waals surface area contributed by atoms with Crippen molar-refractivity contribution in [1.29, 1.82) is 0 Å². The number of hydrogen-bond acceptors (Lipinski definition) is 3. The fraction of sp³-hybridized carbons (Fsp3) is 0.692. The maximum atomic E-state index is 9.56. The second kappa shape index (κ2) is 5.89. The number of hydrogen-bond donors (Lipinski definition) is 2. The third kappa shape index (κ3) is 3.47. The molecule has 1 aromatic rings. The monoisotopic (exact) mass is 257 g/mol. The van der Waals surface area contributed by atoms with Gasteiger partial charge in [-0.3, -0.25) is 0 Å². The molecule has 2 rings (SSSR count). The Balaban J connectivity index is 1.79. The molecular formula is C13H20ClNO2. The van der Waals surface area contributed by atoms with E-state index in [4.69, 9.17) is 16.0 Å². The summed E-state index contributed by atoms with van der Waals surface area (Å²) in [6, 6.07) is 3.63. The Morgan fingerprint density at radius 3 is 2.65 bits per heavy atom. The highest BCUT2D eigenvalue weighted by Gasteiger charge is 2.30. The van der Waals surface area contributed by atoms with Crippen LogP contribution in [0.5, 0.6) is 0 Å². The molecular weight excluding hydrogens is 238 g/mol. The lowest BCUT2D eigenvalue weighted by atomic mass is 9.74. The molecule has 17 heavy (non-hydrogen) atoms. The van der Waals surface area contributed by atoms with Gasteiger partial charge in [-0.05, 0) is 36.6 Å². The molecule has 1 fully saturated rings. The molecule has 1 aromatic heterocycles. The van der Waals surface area contributed by atoms with E-state index in [1.165, 1.54) is 19.3 Å². The van der Waals surface area contributed by atoms with Gasteiger partial charge in [0.1, 0.15) is 5.76 Å². The molecule has 1 aliphatic rings. The molecule has 0 aromatic carbocycles. The van der Waals surface area contributed by atoms with Gasteiger partial charge in [-0.15, -0.1) is 0 Å². The van der Waals surface area contributed by atoms with E-state index in [-0.39, 0.29) is 12.0 Å². The molecule has 96 valence electrons. The topological polar surface area (TPSA) is 45.4 Å².